The highest BCUT2D eigenvalue weighted by atomic mass is 35.5. The molecule has 0 saturated heterocycles. The number of hydrogen-bond donors (Lipinski definition) is 1. The summed E-state index contributed by atoms with van der Waals surface area (Å²) < 4.78 is 22.5. The van der Waals surface area contributed by atoms with Gasteiger partial charge in [-0.15, -0.1) is 0 Å². The Morgan fingerprint density at radius 3 is 2.69 bits per heavy atom. The number of Topliss-reactive ketones (excluding diaryl/α,β-unsaturated/α-hetero) is 1. The summed E-state index contributed by atoms with van der Waals surface area (Å²) in [5.74, 6) is -0.321. The van der Waals surface area contributed by atoms with Gasteiger partial charge in [0.2, 0.25) is 5.78 Å². The topological polar surface area (TPSA) is 98.4 Å². The fraction of sp³-hybridized carbons (Fsp3) is 0.308. The Kier molecular flexibility index (Phi) is 6.06. The highest BCUT2D eigenvalue weighted by molar-refractivity contribution is 6.31. The van der Waals surface area contributed by atoms with E-state index in [1.807, 2.05) is 6.92 Å². The lowest BCUT2D eigenvalue weighted by Crippen LogP contribution is -2.32. The number of amides is 1. The van der Waals surface area contributed by atoms with Gasteiger partial charge < -0.3 is 28.6 Å². The van der Waals surface area contributed by atoms with Crippen molar-refractivity contribution in [3.63, 3.8) is 0 Å². The molecule has 0 fully saturated rings. The van der Waals surface area contributed by atoms with Gasteiger partial charge in [0, 0.05) is 23.0 Å². The van der Waals surface area contributed by atoms with E-state index >= 15 is 0 Å². The average molecular weight is 498 g/mol. The number of furan rings is 1. The van der Waals surface area contributed by atoms with Gasteiger partial charge in [0.1, 0.15) is 13.2 Å². The first kappa shape index (κ1) is 23.1. The molecule has 1 aromatic heterocycles. The molecule has 3 aromatic rings. The Bertz CT molecular complexity index is 1360. The van der Waals surface area contributed by atoms with Crippen LogP contribution in [0.5, 0.6) is 17.2 Å². The molecule has 0 saturated carbocycles. The zero-order valence-electron chi connectivity index (χ0n) is 19.3. The molecular weight excluding hydrogens is 474 g/mol. The van der Waals surface area contributed by atoms with Gasteiger partial charge in [-0.3, -0.25) is 9.59 Å². The van der Waals surface area contributed by atoms with E-state index in [4.69, 9.17) is 30.2 Å². The molecule has 182 valence electrons. The minimum atomic E-state index is -0.809. The Hall–Kier alpha value is -3.65. The van der Waals surface area contributed by atoms with E-state index < -0.39 is 23.5 Å². The minimum absolute atomic E-state index is 0.0326. The number of nitrogens with zero attached hydrogens (tertiary/aromatic N) is 1. The van der Waals surface area contributed by atoms with Gasteiger partial charge in [-0.1, -0.05) is 31.0 Å². The lowest BCUT2D eigenvalue weighted by atomic mass is 9.94. The number of aliphatic hydroxyl groups is 1. The first-order chi connectivity index (χ1) is 16.9. The van der Waals surface area contributed by atoms with Gasteiger partial charge in [-0.25, -0.2) is 0 Å². The van der Waals surface area contributed by atoms with E-state index in [9.17, 15) is 14.7 Å². The maximum absolute atomic E-state index is 13.7. The first-order valence-electron chi connectivity index (χ1n) is 11.4. The van der Waals surface area contributed by atoms with Crippen molar-refractivity contribution in [1.29, 1.82) is 0 Å². The van der Waals surface area contributed by atoms with Crippen LogP contribution in [0.1, 0.15) is 41.9 Å². The summed E-state index contributed by atoms with van der Waals surface area (Å²) >= 11 is 6.16. The second-order valence-corrected chi connectivity index (χ2v) is 8.82. The number of carbonyl (C=O) groups excluding carboxylic acids is 2. The quantitative estimate of drug-likeness (QED) is 0.445. The lowest BCUT2D eigenvalue weighted by molar-refractivity contribution is -0.129. The summed E-state index contributed by atoms with van der Waals surface area (Å²) in [6.45, 7) is 3.22. The van der Waals surface area contributed by atoms with Crippen LogP contribution in [-0.4, -0.2) is 48.6 Å². The van der Waals surface area contributed by atoms with E-state index in [1.165, 1.54) is 18.1 Å². The van der Waals surface area contributed by atoms with Crippen LogP contribution in [0.25, 0.3) is 11.0 Å². The number of benzene rings is 2. The van der Waals surface area contributed by atoms with E-state index in [0.717, 1.165) is 6.42 Å². The third-order valence-corrected chi connectivity index (χ3v) is 6.39. The van der Waals surface area contributed by atoms with Crippen molar-refractivity contribution in [3.8, 4) is 17.2 Å². The maximum Gasteiger partial charge on any atom is 0.290 e. The Labute approximate surface area is 206 Å². The summed E-state index contributed by atoms with van der Waals surface area (Å²) in [6, 6.07) is 9.23. The molecule has 0 bridgehead atoms. The molecule has 9 heteroatoms. The van der Waals surface area contributed by atoms with Gasteiger partial charge >= 0.3 is 0 Å². The number of hydrogen-bond acceptors (Lipinski definition) is 7. The Morgan fingerprint density at radius 2 is 1.94 bits per heavy atom. The predicted octanol–water partition coefficient (Wildman–Crippen LogP) is 5.24. The SMILES string of the molecule is CCCCN1C(=O)C(O)=C(C(=O)c2cc3cc(Cl)cc(OC)c3o2)C1c1ccc2c(c1)OCCO2. The molecule has 0 aliphatic carbocycles. The normalized spacial score (nSPS) is 17.4. The number of fused-ring (bicyclic) bond motifs is 2. The van der Waals surface area contributed by atoms with Gasteiger partial charge in [0.05, 0.1) is 18.7 Å². The third kappa shape index (κ3) is 3.97. The highest BCUT2D eigenvalue weighted by Crippen LogP contribution is 2.43. The van der Waals surface area contributed by atoms with E-state index in [0.29, 0.717) is 65.0 Å². The van der Waals surface area contributed by atoms with Crippen LogP contribution < -0.4 is 14.2 Å². The molecule has 5 rings (SSSR count). The molecule has 0 radical (unpaired) electrons. The van der Waals surface area contributed by atoms with Gasteiger partial charge in [0.15, 0.2) is 34.4 Å². The van der Waals surface area contributed by atoms with Gasteiger partial charge in [-0.2, -0.15) is 0 Å². The number of carbonyl (C=O) groups is 2. The van der Waals surface area contributed by atoms with Crippen molar-refractivity contribution in [2.45, 2.75) is 25.8 Å². The van der Waals surface area contributed by atoms with Crippen molar-refractivity contribution in [1.82, 2.24) is 4.90 Å². The molecule has 1 unspecified atom stereocenters. The van der Waals surface area contributed by atoms with Crippen LogP contribution in [0.2, 0.25) is 5.02 Å². The number of ether oxygens (including phenoxy) is 3. The summed E-state index contributed by atoms with van der Waals surface area (Å²) in [7, 11) is 1.47. The van der Waals surface area contributed by atoms with Crippen molar-refractivity contribution >= 4 is 34.3 Å². The van der Waals surface area contributed by atoms with Gasteiger partial charge in [-0.05, 0) is 36.2 Å². The number of methoxy groups -OCH3 is 1. The number of halogens is 1. The number of ketones is 1. The summed E-state index contributed by atoms with van der Waals surface area (Å²) in [5, 5.41) is 11.9. The van der Waals surface area contributed by atoms with Crippen molar-refractivity contribution in [2.75, 3.05) is 26.9 Å². The lowest BCUT2D eigenvalue weighted by Gasteiger charge is -2.28. The Balaban J connectivity index is 1.60. The molecule has 8 nitrogen and oxygen atoms in total. The summed E-state index contributed by atoms with van der Waals surface area (Å²) in [6.07, 6.45) is 1.55. The summed E-state index contributed by atoms with van der Waals surface area (Å²) in [4.78, 5) is 28.3. The van der Waals surface area contributed by atoms with Crippen molar-refractivity contribution < 1.29 is 33.3 Å². The number of rotatable bonds is 7. The van der Waals surface area contributed by atoms with E-state index in [2.05, 4.69) is 0 Å². The van der Waals surface area contributed by atoms with Crippen LogP contribution in [0.3, 0.4) is 0 Å². The maximum atomic E-state index is 13.7. The van der Waals surface area contributed by atoms with E-state index in [1.54, 1.807) is 30.3 Å². The fourth-order valence-electron chi connectivity index (χ4n) is 4.50. The second-order valence-electron chi connectivity index (χ2n) is 8.39. The third-order valence-electron chi connectivity index (χ3n) is 6.17. The van der Waals surface area contributed by atoms with Crippen molar-refractivity contribution in [3.05, 3.63) is 64.1 Å². The van der Waals surface area contributed by atoms with Crippen LogP contribution in [0, 0.1) is 0 Å². The molecule has 0 spiro atoms. The average Bonchev–Trinajstić information content (AvgIpc) is 3.40. The highest BCUT2D eigenvalue weighted by Gasteiger charge is 2.44. The van der Waals surface area contributed by atoms with Crippen LogP contribution in [0.15, 0.2) is 52.1 Å². The van der Waals surface area contributed by atoms with Crippen LogP contribution in [0.4, 0.5) is 0 Å². The molecule has 3 heterocycles. The predicted molar refractivity (Wildman–Crippen MR) is 129 cm³/mol. The second kappa shape index (κ2) is 9.19. The zero-order chi connectivity index (χ0) is 24.7. The minimum Gasteiger partial charge on any atom is -0.503 e. The smallest absolute Gasteiger partial charge is 0.290 e. The number of unbranched alkanes of at least 4 members (excludes halogenated alkanes) is 1. The van der Waals surface area contributed by atoms with Crippen LogP contribution in [-0.2, 0) is 4.79 Å². The number of aliphatic hydroxyl groups excluding tert-OH is 1. The Morgan fingerprint density at radius 1 is 1.17 bits per heavy atom. The van der Waals surface area contributed by atoms with Crippen molar-refractivity contribution in [2.24, 2.45) is 0 Å². The molecule has 1 amide bonds. The first-order valence-corrected chi connectivity index (χ1v) is 11.8. The fourth-order valence-corrected chi connectivity index (χ4v) is 4.72. The standard InChI is InChI=1S/C26H24ClNO7/c1-3-4-7-28-22(14-5-6-17-18(11-14)34-9-8-33-17)21(24(30)26(28)31)23(29)19-12-15-10-16(27)13-20(32-2)25(15)35-19/h5-6,10-13,22,30H,3-4,7-9H2,1-2H3. The molecule has 35 heavy (non-hydrogen) atoms. The zero-order valence-corrected chi connectivity index (χ0v) is 20.1. The van der Waals surface area contributed by atoms with Gasteiger partial charge in [0.25, 0.3) is 5.91 Å². The molecule has 1 N–H and O–H groups in total. The molecule has 2 aromatic carbocycles. The monoisotopic (exact) mass is 497 g/mol. The molecule has 2 aliphatic rings. The van der Waals surface area contributed by atoms with E-state index in [-0.39, 0.29) is 11.3 Å². The van der Waals surface area contributed by atoms with Crippen LogP contribution >= 0.6 is 11.6 Å². The largest absolute Gasteiger partial charge is 0.503 e. The molecule has 1 atom stereocenters. The summed E-state index contributed by atoms with van der Waals surface area (Å²) in [5.41, 5.74) is 0.929. The molecule has 2 aliphatic heterocycles. The molecular formula is C26H24ClNO7.